The number of carboxylic acids is 1. The van der Waals surface area contributed by atoms with Gasteiger partial charge in [-0.05, 0) is 145 Å². The number of allylic oxidation sites excluding steroid dienone is 3. The third kappa shape index (κ3) is 6.43. The zero-order valence-corrected chi connectivity index (χ0v) is 34.1. The van der Waals surface area contributed by atoms with E-state index in [1.54, 1.807) is 24.1 Å². The van der Waals surface area contributed by atoms with Crippen LogP contribution in [-0.4, -0.2) is 69.0 Å². The predicted octanol–water partition coefficient (Wildman–Crippen LogP) is 8.52. The van der Waals surface area contributed by atoms with Crippen LogP contribution in [0.2, 0.25) is 0 Å². The highest BCUT2D eigenvalue weighted by molar-refractivity contribution is 7.90. The molecule has 7 nitrogen and oxygen atoms in total. The smallest absolute Gasteiger partial charge is 0.335 e. The molecule has 0 aromatic heterocycles. The first-order valence-corrected chi connectivity index (χ1v) is 22.1. The maximum atomic E-state index is 12.8. The van der Waals surface area contributed by atoms with Gasteiger partial charge in [0.25, 0.3) is 0 Å². The lowest BCUT2D eigenvalue weighted by molar-refractivity contribution is -0.225. The first-order valence-electron chi connectivity index (χ1n) is 20.0. The maximum absolute atomic E-state index is 12.8. The van der Waals surface area contributed by atoms with Crippen LogP contribution in [-0.2, 0) is 14.6 Å². The van der Waals surface area contributed by atoms with Gasteiger partial charge >= 0.3 is 5.97 Å². The van der Waals surface area contributed by atoms with Crippen molar-refractivity contribution in [2.75, 3.05) is 38.7 Å². The summed E-state index contributed by atoms with van der Waals surface area (Å²) in [5, 5.41) is 13.2. The summed E-state index contributed by atoms with van der Waals surface area (Å²) in [4.78, 5) is 25.9. The predicted molar refractivity (Wildman–Crippen MR) is 211 cm³/mol. The van der Waals surface area contributed by atoms with Crippen molar-refractivity contribution in [1.29, 1.82) is 0 Å². The van der Waals surface area contributed by atoms with Gasteiger partial charge in [0.2, 0.25) is 5.91 Å². The van der Waals surface area contributed by atoms with Crippen molar-refractivity contribution in [3.8, 4) is 0 Å². The van der Waals surface area contributed by atoms with Gasteiger partial charge in [-0.3, -0.25) is 4.79 Å². The van der Waals surface area contributed by atoms with E-state index in [9.17, 15) is 23.1 Å². The zero-order valence-electron chi connectivity index (χ0n) is 33.3. The molecule has 6 rings (SSSR count). The molecule has 9 unspecified atom stereocenters. The summed E-state index contributed by atoms with van der Waals surface area (Å²) in [7, 11) is -1.40. The van der Waals surface area contributed by atoms with E-state index in [1.165, 1.54) is 68.8 Å². The molecule has 5 aliphatic carbocycles. The molecule has 0 heterocycles. The van der Waals surface area contributed by atoms with E-state index in [0.29, 0.717) is 48.1 Å². The van der Waals surface area contributed by atoms with Gasteiger partial charge in [-0.2, -0.15) is 0 Å². The summed E-state index contributed by atoms with van der Waals surface area (Å²) in [5.41, 5.74) is 5.11. The lowest BCUT2D eigenvalue weighted by Crippen LogP contribution is -2.65. The first-order chi connectivity index (χ1) is 24.2. The molecular formula is C44H66N2O5S. The number of rotatable bonds is 11. The molecule has 5 aliphatic rings. The molecule has 0 aliphatic heterocycles. The van der Waals surface area contributed by atoms with Gasteiger partial charge < -0.3 is 15.3 Å². The standard InChI is InChI=1S/C44H66N2O5S/c1-29(2)32-16-22-44(28-45-25-19-37(47)46(8)26-27-52(9,50)51)24-23-42(6)34(38(32)44)14-15-36-41(5)20-17-33(30-10-12-31(13-11-30)39(48)49)40(3,4)35(41)18-21-43(36,42)7/h10-13,17,32,34-36,38,45H,1,14-16,18-28H2,2-9H3,(H,48,49). The average molecular weight is 735 g/mol. The van der Waals surface area contributed by atoms with Crippen LogP contribution < -0.4 is 5.32 Å². The Kier molecular flexibility index (Phi) is 10.3. The van der Waals surface area contributed by atoms with E-state index in [-0.39, 0.29) is 45.3 Å². The molecule has 0 bridgehead atoms. The number of benzene rings is 1. The number of aromatic carboxylic acids is 1. The average Bonchev–Trinajstić information content (AvgIpc) is 3.45. The topological polar surface area (TPSA) is 104 Å². The van der Waals surface area contributed by atoms with Gasteiger partial charge in [0.1, 0.15) is 9.84 Å². The Morgan fingerprint density at radius 1 is 0.942 bits per heavy atom. The minimum atomic E-state index is -3.11. The normalized spacial score (nSPS) is 37.8. The van der Waals surface area contributed by atoms with Crippen molar-refractivity contribution in [2.24, 2.45) is 56.7 Å². The number of nitrogens with one attached hydrogen (secondary N) is 1. The van der Waals surface area contributed by atoms with Gasteiger partial charge in [0.05, 0.1) is 11.3 Å². The number of hydrogen-bond acceptors (Lipinski definition) is 5. The summed E-state index contributed by atoms with van der Waals surface area (Å²) in [6, 6.07) is 7.54. The van der Waals surface area contributed by atoms with E-state index in [0.717, 1.165) is 18.5 Å². The zero-order chi connectivity index (χ0) is 38.1. The third-order valence-corrected chi connectivity index (χ3v) is 17.4. The molecule has 8 heteroatoms. The van der Waals surface area contributed by atoms with Gasteiger partial charge in [0, 0.05) is 39.4 Å². The molecule has 288 valence electrons. The lowest BCUT2D eigenvalue weighted by atomic mass is 9.32. The van der Waals surface area contributed by atoms with Crippen molar-refractivity contribution in [3.63, 3.8) is 0 Å². The molecule has 1 amide bonds. The molecule has 9 atom stereocenters. The van der Waals surface area contributed by atoms with E-state index in [4.69, 9.17) is 0 Å². The van der Waals surface area contributed by atoms with Crippen LogP contribution in [0.25, 0.3) is 5.57 Å². The van der Waals surface area contributed by atoms with Crippen LogP contribution in [0, 0.1) is 56.7 Å². The second kappa shape index (κ2) is 13.7. The number of nitrogens with zero attached hydrogens (tertiary/aromatic N) is 1. The third-order valence-electron chi connectivity index (χ3n) is 16.5. The highest BCUT2D eigenvalue weighted by Crippen LogP contribution is 2.77. The number of hydrogen-bond donors (Lipinski definition) is 2. The maximum Gasteiger partial charge on any atom is 0.335 e. The van der Waals surface area contributed by atoms with Crippen LogP contribution >= 0.6 is 0 Å². The Hall–Kier alpha value is -2.45. The highest BCUT2D eigenvalue weighted by Gasteiger charge is 2.70. The molecule has 1 aromatic rings. The number of fused-ring (bicyclic) bond motifs is 7. The van der Waals surface area contributed by atoms with Crippen LogP contribution in [0.5, 0.6) is 0 Å². The summed E-state index contributed by atoms with van der Waals surface area (Å²) in [6.45, 7) is 21.5. The molecule has 0 radical (unpaired) electrons. The second-order valence-corrected chi connectivity index (χ2v) is 21.6. The summed E-state index contributed by atoms with van der Waals surface area (Å²) in [5.74, 6) is 2.09. The minimum Gasteiger partial charge on any atom is -0.478 e. The second-order valence-electron chi connectivity index (χ2n) is 19.3. The van der Waals surface area contributed by atoms with Gasteiger partial charge in [0.15, 0.2) is 0 Å². The Morgan fingerprint density at radius 2 is 1.63 bits per heavy atom. The molecule has 52 heavy (non-hydrogen) atoms. The van der Waals surface area contributed by atoms with Crippen molar-refractivity contribution in [1.82, 2.24) is 10.2 Å². The fraction of sp³-hybridized carbons (Fsp3) is 0.727. The van der Waals surface area contributed by atoms with E-state index >= 15 is 0 Å². The molecule has 2 N–H and O–H groups in total. The summed E-state index contributed by atoms with van der Waals surface area (Å²) >= 11 is 0. The number of sulfone groups is 1. The minimum absolute atomic E-state index is 0.00441. The number of carbonyl (C=O) groups is 2. The summed E-state index contributed by atoms with van der Waals surface area (Å²) < 4.78 is 23.2. The van der Waals surface area contributed by atoms with Crippen LogP contribution in [0.3, 0.4) is 0 Å². The van der Waals surface area contributed by atoms with Crippen molar-refractivity contribution < 1.29 is 23.1 Å². The van der Waals surface area contributed by atoms with Crippen molar-refractivity contribution >= 4 is 27.3 Å². The van der Waals surface area contributed by atoms with Gasteiger partial charge in [-0.1, -0.05) is 65.0 Å². The quantitative estimate of drug-likeness (QED) is 0.175. The van der Waals surface area contributed by atoms with Crippen molar-refractivity contribution in [2.45, 2.75) is 106 Å². The number of carbonyl (C=O) groups excluding carboxylic acids is 1. The Morgan fingerprint density at radius 3 is 2.27 bits per heavy atom. The molecule has 0 saturated heterocycles. The fourth-order valence-corrected chi connectivity index (χ4v) is 14.2. The van der Waals surface area contributed by atoms with E-state index in [2.05, 4.69) is 59.5 Å². The molecule has 0 spiro atoms. The molecule has 4 fully saturated rings. The SMILES string of the molecule is C=C(C)C1CCC2(CNCCC(=O)N(C)CCS(C)(=O)=O)CCC3(C)C(CCC4C5(C)CC=C(c6ccc(C(=O)O)cc6)C(C)(C)C5CCC43C)C12. The Balaban J connectivity index is 1.21. The number of carboxylic acid groups (broad SMARTS) is 1. The van der Waals surface area contributed by atoms with Crippen molar-refractivity contribution in [3.05, 3.63) is 53.6 Å². The summed E-state index contributed by atoms with van der Waals surface area (Å²) in [6.07, 6.45) is 15.1. The molecule has 4 saturated carbocycles. The van der Waals surface area contributed by atoms with Crippen LogP contribution in [0.15, 0.2) is 42.5 Å². The Bertz CT molecular complexity index is 1720. The largest absolute Gasteiger partial charge is 0.478 e. The van der Waals surface area contributed by atoms with Gasteiger partial charge in [-0.15, -0.1) is 0 Å². The van der Waals surface area contributed by atoms with E-state index in [1.807, 2.05) is 12.1 Å². The highest BCUT2D eigenvalue weighted by atomic mass is 32.2. The molecule has 1 aromatic carbocycles. The fourth-order valence-electron chi connectivity index (χ4n) is 13.6. The number of amides is 1. The van der Waals surface area contributed by atoms with Crippen LogP contribution in [0.1, 0.15) is 122 Å². The van der Waals surface area contributed by atoms with Crippen LogP contribution in [0.4, 0.5) is 0 Å². The van der Waals surface area contributed by atoms with E-state index < -0.39 is 15.8 Å². The first kappa shape index (κ1) is 39.2. The van der Waals surface area contributed by atoms with Gasteiger partial charge in [-0.25, -0.2) is 13.2 Å². The lowest BCUT2D eigenvalue weighted by Gasteiger charge is -2.72. The monoisotopic (exact) mass is 734 g/mol. The Labute approximate surface area is 314 Å². The molecular weight excluding hydrogens is 669 g/mol.